The third kappa shape index (κ3) is 1.37. The van der Waals surface area contributed by atoms with E-state index < -0.39 is 0 Å². The number of fused-ring (bicyclic) bond motifs is 1. The highest BCUT2D eigenvalue weighted by atomic mass is 16.2. The van der Waals surface area contributed by atoms with Crippen LogP contribution in [0, 0.1) is 0 Å². The average molecular weight is 218 g/mol. The van der Waals surface area contributed by atoms with Crippen molar-refractivity contribution in [2.24, 2.45) is 0 Å². The van der Waals surface area contributed by atoms with E-state index >= 15 is 0 Å². The topological polar surface area (TPSA) is 79.7 Å². The Bertz CT molecular complexity index is 502. The van der Waals surface area contributed by atoms with E-state index in [0.29, 0.717) is 18.7 Å². The summed E-state index contributed by atoms with van der Waals surface area (Å²) in [6.07, 6.45) is 4.82. The first-order valence-corrected chi connectivity index (χ1v) is 4.99. The summed E-state index contributed by atoms with van der Waals surface area (Å²) in [6, 6.07) is 0. The standard InChI is InChI=1S/C9H10N6O/c16-9(7-3-10-11-4-7)14-1-2-15-6-12-13-8(15)5-14/h3-4,6H,1-2,5H2,(H,10,11). The fraction of sp³-hybridized carbons (Fsp3) is 0.333. The molecule has 1 N–H and O–H groups in total. The molecule has 3 rings (SSSR count). The van der Waals surface area contributed by atoms with Gasteiger partial charge in [0.25, 0.3) is 5.91 Å². The Kier molecular flexibility index (Phi) is 1.95. The van der Waals surface area contributed by atoms with Crippen molar-refractivity contribution in [1.29, 1.82) is 0 Å². The number of nitrogens with zero attached hydrogens (tertiary/aromatic N) is 5. The quantitative estimate of drug-likeness (QED) is 0.710. The van der Waals surface area contributed by atoms with Crippen LogP contribution >= 0.6 is 0 Å². The number of carbonyl (C=O) groups excluding carboxylic acids is 1. The lowest BCUT2D eigenvalue weighted by molar-refractivity contribution is 0.0707. The molecule has 3 heterocycles. The first-order chi connectivity index (χ1) is 7.84. The number of hydrogen-bond donors (Lipinski definition) is 1. The maximum Gasteiger partial charge on any atom is 0.257 e. The average Bonchev–Trinajstić information content (AvgIpc) is 2.98. The minimum atomic E-state index is -0.0250. The van der Waals surface area contributed by atoms with Crippen LogP contribution in [-0.4, -0.2) is 42.3 Å². The summed E-state index contributed by atoms with van der Waals surface area (Å²) in [7, 11) is 0. The lowest BCUT2D eigenvalue weighted by Crippen LogP contribution is -2.38. The molecule has 7 nitrogen and oxygen atoms in total. The van der Waals surface area contributed by atoms with Gasteiger partial charge in [-0.15, -0.1) is 10.2 Å². The first-order valence-electron chi connectivity index (χ1n) is 4.99. The largest absolute Gasteiger partial charge is 0.329 e. The molecule has 0 aromatic carbocycles. The highest BCUT2D eigenvalue weighted by Gasteiger charge is 2.23. The lowest BCUT2D eigenvalue weighted by atomic mass is 10.2. The van der Waals surface area contributed by atoms with Crippen LogP contribution in [0.1, 0.15) is 16.2 Å². The molecule has 2 aromatic rings. The zero-order valence-corrected chi connectivity index (χ0v) is 8.50. The molecule has 7 heteroatoms. The molecule has 1 amide bonds. The van der Waals surface area contributed by atoms with Gasteiger partial charge in [-0.25, -0.2) is 0 Å². The van der Waals surface area contributed by atoms with Gasteiger partial charge in [-0.2, -0.15) is 5.10 Å². The molecular formula is C9H10N6O. The minimum Gasteiger partial charge on any atom is -0.329 e. The zero-order valence-electron chi connectivity index (χ0n) is 8.50. The molecule has 1 aliphatic heterocycles. The molecule has 2 aromatic heterocycles. The molecule has 0 atom stereocenters. The summed E-state index contributed by atoms with van der Waals surface area (Å²) in [5, 5.41) is 14.2. The van der Waals surface area contributed by atoms with Gasteiger partial charge >= 0.3 is 0 Å². The SMILES string of the molecule is O=C(c1cn[nH]c1)N1CCn2cnnc2C1. The van der Waals surface area contributed by atoms with Gasteiger partial charge in [0.05, 0.1) is 18.3 Å². The summed E-state index contributed by atoms with van der Waals surface area (Å²) in [5.74, 6) is 0.797. The van der Waals surface area contributed by atoms with Gasteiger partial charge in [0.15, 0.2) is 5.82 Å². The summed E-state index contributed by atoms with van der Waals surface area (Å²) in [6.45, 7) is 1.92. The van der Waals surface area contributed by atoms with Gasteiger partial charge in [0.2, 0.25) is 0 Å². The summed E-state index contributed by atoms with van der Waals surface area (Å²) < 4.78 is 1.96. The number of aromatic amines is 1. The van der Waals surface area contributed by atoms with Crippen LogP contribution in [0.15, 0.2) is 18.7 Å². The normalized spacial score (nSPS) is 14.9. The molecule has 0 saturated carbocycles. The van der Waals surface area contributed by atoms with E-state index in [1.807, 2.05) is 4.57 Å². The molecular weight excluding hydrogens is 208 g/mol. The van der Waals surface area contributed by atoms with Gasteiger partial charge < -0.3 is 9.47 Å². The Morgan fingerprint density at radius 1 is 1.44 bits per heavy atom. The maximum absolute atomic E-state index is 12.0. The van der Waals surface area contributed by atoms with Crippen molar-refractivity contribution in [2.75, 3.05) is 6.54 Å². The second-order valence-electron chi connectivity index (χ2n) is 3.65. The van der Waals surface area contributed by atoms with E-state index in [1.165, 1.54) is 6.20 Å². The van der Waals surface area contributed by atoms with E-state index in [0.717, 1.165) is 12.4 Å². The molecule has 16 heavy (non-hydrogen) atoms. The third-order valence-corrected chi connectivity index (χ3v) is 2.67. The number of hydrogen-bond acceptors (Lipinski definition) is 4. The van der Waals surface area contributed by atoms with Gasteiger partial charge in [-0.1, -0.05) is 0 Å². The summed E-state index contributed by atoms with van der Waals surface area (Å²) >= 11 is 0. The van der Waals surface area contributed by atoms with Crippen LogP contribution in [-0.2, 0) is 13.1 Å². The van der Waals surface area contributed by atoms with E-state index in [4.69, 9.17) is 0 Å². The molecule has 0 spiro atoms. The summed E-state index contributed by atoms with van der Waals surface area (Å²) in [4.78, 5) is 13.7. The Labute approximate surface area is 91.1 Å². The Morgan fingerprint density at radius 3 is 3.19 bits per heavy atom. The Balaban J connectivity index is 1.81. The summed E-state index contributed by atoms with van der Waals surface area (Å²) in [5.41, 5.74) is 0.577. The molecule has 0 bridgehead atoms. The van der Waals surface area contributed by atoms with Crippen molar-refractivity contribution in [3.63, 3.8) is 0 Å². The second kappa shape index (κ2) is 3.44. The van der Waals surface area contributed by atoms with Crippen molar-refractivity contribution >= 4 is 5.91 Å². The van der Waals surface area contributed by atoms with E-state index in [1.54, 1.807) is 17.4 Å². The minimum absolute atomic E-state index is 0.0250. The van der Waals surface area contributed by atoms with Crippen LogP contribution in [0.25, 0.3) is 0 Å². The van der Waals surface area contributed by atoms with Gasteiger partial charge in [0, 0.05) is 19.3 Å². The highest BCUT2D eigenvalue weighted by Crippen LogP contribution is 2.12. The van der Waals surface area contributed by atoms with Crippen molar-refractivity contribution in [3.05, 3.63) is 30.1 Å². The third-order valence-electron chi connectivity index (χ3n) is 2.67. The molecule has 0 fully saturated rings. The van der Waals surface area contributed by atoms with Crippen molar-refractivity contribution in [3.8, 4) is 0 Å². The van der Waals surface area contributed by atoms with Crippen LogP contribution < -0.4 is 0 Å². The van der Waals surface area contributed by atoms with Crippen LogP contribution in [0.5, 0.6) is 0 Å². The van der Waals surface area contributed by atoms with Gasteiger partial charge in [-0.3, -0.25) is 9.89 Å². The second-order valence-corrected chi connectivity index (χ2v) is 3.65. The molecule has 1 aliphatic rings. The molecule has 0 aliphatic carbocycles. The van der Waals surface area contributed by atoms with Crippen LogP contribution in [0.4, 0.5) is 0 Å². The molecule has 0 saturated heterocycles. The Hall–Kier alpha value is -2.18. The number of rotatable bonds is 1. The van der Waals surface area contributed by atoms with Gasteiger partial charge in [-0.05, 0) is 0 Å². The van der Waals surface area contributed by atoms with Crippen molar-refractivity contribution < 1.29 is 4.79 Å². The predicted molar refractivity (Wildman–Crippen MR) is 53.4 cm³/mol. The number of carbonyl (C=O) groups is 1. The molecule has 0 unspecified atom stereocenters. The monoisotopic (exact) mass is 218 g/mol. The smallest absolute Gasteiger partial charge is 0.257 e. The van der Waals surface area contributed by atoms with Crippen LogP contribution in [0.3, 0.4) is 0 Å². The van der Waals surface area contributed by atoms with E-state index in [9.17, 15) is 4.79 Å². The fourth-order valence-corrected chi connectivity index (χ4v) is 1.79. The Morgan fingerprint density at radius 2 is 2.38 bits per heavy atom. The maximum atomic E-state index is 12.0. The number of H-pyrrole nitrogens is 1. The number of amides is 1. The van der Waals surface area contributed by atoms with Gasteiger partial charge in [0.1, 0.15) is 6.33 Å². The number of aromatic nitrogens is 5. The van der Waals surface area contributed by atoms with Crippen molar-refractivity contribution in [1.82, 2.24) is 29.9 Å². The van der Waals surface area contributed by atoms with Crippen molar-refractivity contribution in [2.45, 2.75) is 13.1 Å². The lowest BCUT2D eigenvalue weighted by Gasteiger charge is -2.26. The zero-order chi connectivity index (χ0) is 11.0. The fourth-order valence-electron chi connectivity index (χ4n) is 1.79. The number of nitrogens with one attached hydrogen (secondary N) is 1. The highest BCUT2D eigenvalue weighted by molar-refractivity contribution is 5.93. The van der Waals surface area contributed by atoms with Crippen LogP contribution in [0.2, 0.25) is 0 Å². The molecule has 82 valence electrons. The first kappa shape index (κ1) is 9.08. The van der Waals surface area contributed by atoms with E-state index in [-0.39, 0.29) is 5.91 Å². The molecule has 0 radical (unpaired) electrons. The predicted octanol–water partition coefficient (Wildman–Crippen LogP) is -0.343. The van der Waals surface area contributed by atoms with E-state index in [2.05, 4.69) is 20.4 Å².